The Labute approximate surface area is 107 Å². The second-order valence-electron chi connectivity index (χ2n) is 3.68. The van der Waals surface area contributed by atoms with Gasteiger partial charge in [0.05, 0.1) is 26.1 Å². The highest BCUT2D eigenvalue weighted by molar-refractivity contribution is 5.81. The van der Waals surface area contributed by atoms with E-state index in [2.05, 4.69) is 0 Å². The van der Waals surface area contributed by atoms with Crippen LogP contribution >= 0.6 is 0 Å². The summed E-state index contributed by atoms with van der Waals surface area (Å²) in [5.41, 5.74) is 0. The first kappa shape index (κ1) is 16.4. The molecule has 18 heavy (non-hydrogen) atoms. The zero-order valence-corrected chi connectivity index (χ0v) is 11.2. The first-order chi connectivity index (χ1) is 8.51. The quantitative estimate of drug-likeness (QED) is 0.601. The van der Waals surface area contributed by atoms with Gasteiger partial charge in [-0.2, -0.15) is 0 Å². The molecule has 0 atom stereocenters. The normalized spacial score (nSPS) is 9.72. The molecule has 0 rings (SSSR count). The van der Waals surface area contributed by atoms with Crippen LogP contribution in [-0.2, 0) is 23.9 Å². The zero-order valence-electron chi connectivity index (χ0n) is 11.2. The summed E-state index contributed by atoms with van der Waals surface area (Å²) in [4.78, 5) is 35.1. The molecule has 0 aromatic rings. The highest BCUT2D eigenvalue weighted by atomic mass is 16.5. The van der Waals surface area contributed by atoms with Crippen LogP contribution in [0.1, 0.15) is 33.1 Å². The van der Waals surface area contributed by atoms with Crippen molar-refractivity contribution in [3.05, 3.63) is 0 Å². The van der Waals surface area contributed by atoms with Gasteiger partial charge in [-0.1, -0.05) is 0 Å². The van der Waals surface area contributed by atoms with Crippen LogP contribution in [-0.4, -0.2) is 49.6 Å². The summed E-state index contributed by atoms with van der Waals surface area (Å²) in [5.74, 6) is -0.903. The van der Waals surface area contributed by atoms with Gasteiger partial charge in [0.2, 0.25) is 5.91 Å². The number of ether oxygens (including phenoxy) is 2. The van der Waals surface area contributed by atoms with Gasteiger partial charge in [-0.15, -0.1) is 0 Å². The van der Waals surface area contributed by atoms with Gasteiger partial charge in [0.15, 0.2) is 0 Å². The molecule has 0 aliphatic carbocycles. The third-order valence-electron chi connectivity index (χ3n) is 2.23. The van der Waals surface area contributed by atoms with E-state index in [0.29, 0.717) is 19.8 Å². The minimum absolute atomic E-state index is 0.0659. The highest BCUT2D eigenvalue weighted by Gasteiger charge is 2.13. The zero-order chi connectivity index (χ0) is 14.0. The van der Waals surface area contributed by atoms with Crippen LogP contribution < -0.4 is 0 Å². The van der Waals surface area contributed by atoms with Crippen molar-refractivity contribution in [1.82, 2.24) is 4.90 Å². The van der Waals surface area contributed by atoms with E-state index in [0.717, 1.165) is 0 Å². The maximum atomic E-state index is 11.6. The molecule has 0 aliphatic rings. The lowest BCUT2D eigenvalue weighted by Crippen LogP contribution is -2.29. The van der Waals surface area contributed by atoms with E-state index in [1.54, 1.807) is 20.9 Å². The minimum Gasteiger partial charge on any atom is -0.466 e. The van der Waals surface area contributed by atoms with Crippen LogP contribution in [0.4, 0.5) is 0 Å². The number of carbonyl (C=O) groups excluding carboxylic acids is 3. The third-order valence-corrected chi connectivity index (χ3v) is 2.23. The molecule has 0 saturated heterocycles. The maximum Gasteiger partial charge on any atom is 0.307 e. The molecule has 0 spiro atoms. The smallest absolute Gasteiger partial charge is 0.307 e. The van der Waals surface area contributed by atoms with Gasteiger partial charge in [0.1, 0.15) is 0 Å². The first-order valence-corrected chi connectivity index (χ1v) is 6.06. The Balaban J connectivity index is 3.82. The van der Waals surface area contributed by atoms with Gasteiger partial charge in [-0.3, -0.25) is 14.4 Å². The fourth-order valence-corrected chi connectivity index (χ4v) is 1.25. The van der Waals surface area contributed by atoms with Gasteiger partial charge >= 0.3 is 11.9 Å². The summed E-state index contributed by atoms with van der Waals surface area (Å²) in [6, 6.07) is 0. The van der Waals surface area contributed by atoms with E-state index < -0.39 is 0 Å². The van der Waals surface area contributed by atoms with Crippen molar-refractivity contribution >= 4 is 17.8 Å². The van der Waals surface area contributed by atoms with Crippen molar-refractivity contribution in [3.8, 4) is 0 Å². The van der Waals surface area contributed by atoms with Crippen molar-refractivity contribution in [2.45, 2.75) is 33.1 Å². The second kappa shape index (κ2) is 9.44. The molecule has 0 saturated carbocycles. The Morgan fingerprint density at radius 3 is 1.89 bits per heavy atom. The summed E-state index contributed by atoms with van der Waals surface area (Å²) in [6.45, 7) is 4.38. The molecule has 0 radical (unpaired) electrons. The van der Waals surface area contributed by atoms with E-state index in [1.165, 1.54) is 4.90 Å². The number of carbonyl (C=O) groups is 3. The summed E-state index contributed by atoms with van der Waals surface area (Å²) >= 11 is 0. The molecule has 0 unspecified atom stereocenters. The van der Waals surface area contributed by atoms with Crippen molar-refractivity contribution in [1.29, 1.82) is 0 Å². The Bertz CT molecular complexity index is 290. The third kappa shape index (κ3) is 7.65. The van der Waals surface area contributed by atoms with Crippen LogP contribution in [0.2, 0.25) is 0 Å². The molecule has 0 heterocycles. The van der Waals surface area contributed by atoms with Gasteiger partial charge in [0, 0.05) is 20.0 Å². The van der Waals surface area contributed by atoms with E-state index in [4.69, 9.17) is 9.47 Å². The summed E-state index contributed by atoms with van der Waals surface area (Å²) < 4.78 is 9.47. The number of rotatable bonds is 8. The predicted molar refractivity (Wildman–Crippen MR) is 64.8 cm³/mol. The van der Waals surface area contributed by atoms with E-state index in [-0.39, 0.29) is 37.1 Å². The Morgan fingerprint density at radius 1 is 0.889 bits per heavy atom. The second-order valence-corrected chi connectivity index (χ2v) is 3.68. The molecule has 104 valence electrons. The van der Waals surface area contributed by atoms with Crippen LogP contribution in [0, 0.1) is 0 Å². The van der Waals surface area contributed by atoms with Gasteiger partial charge < -0.3 is 14.4 Å². The fourth-order valence-electron chi connectivity index (χ4n) is 1.25. The molecule has 0 aromatic heterocycles. The fraction of sp³-hybridized carbons (Fsp3) is 0.750. The molecule has 6 heteroatoms. The number of hydrogen-bond acceptors (Lipinski definition) is 5. The lowest BCUT2D eigenvalue weighted by molar-refractivity contribution is -0.146. The molecule has 6 nitrogen and oxygen atoms in total. The minimum atomic E-state index is -0.385. The van der Waals surface area contributed by atoms with Gasteiger partial charge in [-0.25, -0.2) is 0 Å². The molecule has 0 bridgehead atoms. The van der Waals surface area contributed by atoms with Crippen LogP contribution in [0.15, 0.2) is 0 Å². The van der Waals surface area contributed by atoms with Gasteiger partial charge in [-0.05, 0) is 13.8 Å². The molecule has 0 fully saturated rings. The Morgan fingerprint density at radius 2 is 1.39 bits per heavy atom. The number of hydrogen-bond donors (Lipinski definition) is 0. The first-order valence-electron chi connectivity index (χ1n) is 6.06. The highest BCUT2D eigenvalue weighted by Crippen LogP contribution is 1.99. The van der Waals surface area contributed by atoms with E-state index >= 15 is 0 Å². The Kier molecular flexibility index (Phi) is 8.61. The molecule has 1 amide bonds. The van der Waals surface area contributed by atoms with Crippen molar-refractivity contribution in [2.24, 2.45) is 0 Å². The number of esters is 2. The maximum absolute atomic E-state index is 11.6. The summed E-state index contributed by atoms with van der Waals surface area (Å²) in [7, 11) is 1.59. The largest absolute Gasteiger partial charge is 0.466 e. The van der Waals surface area contributed by atoms with Crippen molar-refractivity contribution in [3.63, 3.8) is 0 Å². The lowest BCUT2D eigenvalue weighted by atomic mass is 10.2. The average molecular weight is 259 g/mol. The van der Waals surface area contributed by atoms with Gasteiger partial charge in [0.25, 0.3) is 0 Å². The predicted octanol–water partition coefficient (Wildman–Crippen LogP) is 0.741. The van der Waals surface area contributed by atoms with E-state index in [9.17, 15) is 14.4 Å². The molecule has 0 aliphatic heterocycles. The summed E-state index contributed by atoms with van der Waals surface area (Å²) in [6.07, 6.45) is 0.323. The molecule has 0 N–H and O–H groups in total. The lowest BCUT2D eigenvalue weighted by Gasteiger charge is -2.16. The topological polar surface area (TPSA) is 72.9 Å². The summed E-state index contributed by atoms with van der Waals surface area (Å²) in [5, 5.41) is 0. The van der Waals surface area contributed by atoms with Crippen molar-refractivity contribution in [2.75, 3.05) is 26.8 Å². The standard InChI is InChI=1S/C12H21NO5/c1-4-17-11(15)7-6-10(14)13(3)9-8-12(16)18-5-2/h4-9H2,1-3H3. The molecular formula is C12H21NO5. The van der Waals surface area contributed by atoms with Crippen LogP contribution in [0.3, 0.4) is 0 Å². The van der Waals surface area contributed by atoms with Crippen LogP contribution in [0.5, 0.6) is 0 Å². The van der Waals surface area contributed by atoms with Crippen molar-refractivity contribution < 1.29 is 23.9 Å². The number of amides is 1. The molecule has 0 aromatic carbocycles. The Hall–Kier alpha value is -1.59. The average Bonchev–Trinajstić information content (AvgIpc) is 2.33. The van der Waals surface area contributed by atoms with E-state index in [1.807, 2.05) is 0 Å². The monoisotopic (exact) mass is 259 g/mol. The molecular weight excluding hydrogens is 238 g/mol. The van der Waals surface area contributed by atoms with Crippen LogP contribution in [0.25, 0.3) is 0 Å². The SMILES string of the molecule is CCOC(=O)CCC(=O)N(C)CCC(=O)OCC. The number of nitrogens with zero attached hydrogens (tertiary/aromatic N) is 1.